The molecule has 5 aromatic rings. The lowest BCUT2D eigenvalue weighted by atomic mass is 9.72. The van der Waals surface area contributed by atoms with Crippen LogP contribution in [0.15, 0.2) is 73.1 Å². The topological polar surface area (TPSA) is 226 Å². The van der Waals surface area contributed by atoms with Crippen LogP contribution in [0.3, 0.4) is 0 Å². The van der Waals surface area contributed by atoms with Crippen molar-refractivity contribution in [1.29, 1.82) is 0 Å². The van der Waals surface area contributed by atoms with Gasteiger partial charge < -0.3 is 25.0 Å². The third-order valence-corrected chi connectivity index (χ3v) is 14.8. The van der Waals surface area contributed by atoms with Gasteiger partial charge in [-0.15, -0.1) is 0 Å². The van der Waals surface area contributed by atoms with E-state index < -0.39 is 69.6 Å². The summed E-state index contributed by atoms with van der Waals surface area (Å²) in [7, 11) is -4.36. The fourth-order valence-electron chi connectivity index (χ4n) is 9.98. The number of aromatic amines is 1. The van der Waals surface area contributed by atoms with Gasteiger partial charge in [-0.05, 0) is 78.8 Å². The van der Waals surface area contributed by atoms with Crippen molar-refractivity contribution in [1.82, 2.24) is 29.4 Å². The number of nitrogens with zero attached hydrogens (tertiary/aromatic N) is 5. The number of halogens is 3. The fourth-order valence-corrected chi connectivity index (χ4v) is 11.2. The van der Waals surface area contributed by atoms with E-state index >= 15 is 8.78 Å². The van der Waals surface area contributed by atoms with E-state index in [0.29, 0.717) is 54.5 Å². The molecule has 0 bridgehead atoms. The van der Waals surface area contributed by atoms with Gasteiger partial charge in [0, 0.05) is 104 Å². The van der Waals surface area contributed by atoms with E-state index in [1.807, 2.05) is 41.1 Å². The molecule has 1 spiro atoms. The Balaban J connectivity index is 0.00000188. The SMILES string of the molecule is O=C1CC[C@H](N2Cc3cc(CC[C@H](O)CN4CC5(C4)CN(c4ccc(-c6cnc7[nH]cc(C(=O)c8c(F)ccc(NS(=O)(=O)N9CC[C@@H](F)C9)c8F)c7c6)cc4)C5)ccc3C2=O)C(=O)N1.O=CO. The Morgan fingerprint density at radius 3 is 2.46 bits per heavy atom. The monoisotopic (exact) mass is 956 g/mol. The number of alkyl halides is 1. The number of piperidine rings is 1. The van der Waals surface area contributed by atoms with E-state index in [0.717, 1.165) is 65.0 Å². The predicted octanol–water partition coefficient (Wildman–Crippen LogP) is 4.02. The molecule has 0 radical (unpaired) electrons. The number of β-amino-alcohol motifs (C(OH)–C–C–N with tert-alkyl or cyclic N) is 1. The van der Waals surface area contributed by atoms with Crippen molar-refractivity contribution in [2.45, 2.75) is 57.0 Å². The predicted molar refractivity (Wildman–Crippen MR) is 242 cm³/mol. The lowest BCUT2D eigenvalue weighted by molar-refractivity contribution is -0.137. The summed E-state index contributed by atoms with van der Waals surface area (Å²) in [6.45, 7) is 3.64. The molecule has 17 nitrogen and oxygen atoms in total. The highest BCUT2D eigenvalue weighted by atomic mass is 32.2. The number of aliphatic hydroxyl groups excluding tert-OH is 1. The minimum absolute atomic E-state index is 0.00233. The minimum atomic E-state index is -4.36. The Labute approximate surface area is 388 Å². The van der Waals surface area contributed by atoms with Crippen molar-refractivity contribution in [3.05, 3.63) is 113 Å². The molecule has 0 saturated carbocycles. The summed E-state index contributed by atoms with van der Waals surface area (Å²) >= 11 is 0. The second kappa shape index (κ2) is 18.4. The third kappa shape index (κ3) is 9.05. The van der Waals surface area contributed by atoms with Crippen molar-refractivity contribution in [2.24, 2.45) is 5.41 Å². The van der Waals surface area contributed by atoms with Gasteiger partial charge in [0.25, 0.3) is 12.4 Å². The van der Waals surface area contributed by atoms with Crippen molar-refractivity contribution in [2.75, 3.05) is 55.4 Å². The van der Waals surface area contributed by atoms with E-state index in [4.69, 9.17) is 9.90 Å². The number of carbonyl (C=O) groups excluding carboxylic acids is 4. The standard InChI is InChI=1S/C46H45F3N8O7S.CH2O2/c47-30-13-14-56(20-30)65(63,64)53-37-10-9-36(48)40(41(37)49)42(60)35-18-51-43-34(35)16-28(17-50-43)27-3-5-31(6-4-27)55-24-46(25-55)22-54(23-46)21-32(58)7-1-26-2-8-33-29(15-26)19-57(45(33)62)38-11-12-39(59)52-44(38)61;2-1-3/h2-6,8-10,15-18,30,32,38,53,58H,1,7,11-14,19-25H2,(H,50,51)(H,52,59,61);1H,(H,2,3)/t30-,32+,38+;/m1./s1. The molecular weight excluding hydrogens is 910 g/mol. The molecule has 3 atom stereocenters. The van der Waals surface area contributed by atoms with Crippen LogP contribution in [-0.2, 0) is 37.6 Å². The number of nitrogens with one attached hydrogen (secondary N) is 3. The number of fused-ring (bicyclic) bond motifs is 2. The van der Waals surface area contributed by atoms with Gasteiger partial charge in [-0.1, -0.05) is 24.3 Å². The first kappa shape index (κ1) is 46.4. The van der Waals surface area contributed by atoms with Gasteiger partial charge in [-0.2, -0.15) is 12.7 Å². The lowest BCUT2D eigenvalue weighted by Gasteiger charge is -2.61. The Bertz CT molecular complexity index is 2940. The first-order valence-electron chi connectivity index (χ1n) is 22.1. The van der Waals surface area contributed by atoms with Crippen LogP contribution in [0, 0.1) is 17.0 Å². The average molecular weight is 957 g/mol. The maximum atomic E-state index is 15.7. The number of rotatable bonds is 13. The number of H-pyrrole nitrogens is 1. The Hall–Kier alpha value is -6.68. The zero-order chi connectivity index (χ0) is 48.1. The highest BCUT2D eigenvalue weighted by Gasteiger charge is 2.51. The summed E-state index contributed by atoms with van der Waals surface area (Å²) in [6, 6.07) is 16.3. The second-order valence-electron chi connectivity index (χ2n) is 18.0. The van der Waals surface area contributed by atoms with Gasteiger partial charge in [0.1, 0.15) is 23.7 Å². The number of aryl methyl sites for hydroxylation is 1. The van der Waals surface area contributed by atoms with Gasteiger partial charge in [0.05, 0.1) is 17.4 Å². The molecule has 3 amide bonds. The largest absolute Gasteiger partial charge is 0.483 e. The lowest BCUT2D eigenvalue weighted by Crippen LogP contribution is -2.72. The first-order valence-corrected chi connectivity index (χ1v) is 23.5. The number of hydrogen-bond donors (Lipinski definition) is 5. The fraction of sp³-hybridized carbons (Fsp3) is 0.362. The molecule has 0 aliphatic carbocycles. The van der Waals surface area contributed by atoms with Gasteiger partial charge in [-0.3, -0.25) is 38.9 Å². The molecule has 2 aromatic heterocycles. The van der Waals surface area contributed by atoms with Crippen LogP contribution in [0.1, 0.15) is 63.1 Å². The number of amides is 3. The Morgan fingerprint density at radius 1 is 1.00 bits per heavy atom. The minimum Gasteiger partial charge on any atom is -0.483 e. The molecule has 3 aromatic carbocycles. The molecule has 0 unspecified atom stereocenters. The normalized spacial score (nSPS) is 20.6. The second-order valence-corrected chi connectivity index (χ2v) is 19.7. The van der Waals surface area contributed by atoms with Crippen LogP contribution in [0.2, 0.25) is 0 Å². The van der Waals surface area contributed by atoms with E-state index in [1.165, 1.54) is 11.1 Å². The summed E-state index contributed by atoms with van der Waals surface area (Å²) < 4.78 is 73.0. The number of pyridine rings is 1. The maximum Gasteiger partial charge on any atom is 0.301 e. The summed E-state index contributed by atoms with van der Waals surface area (Å²) in [5.41, 5.74) is 3.75. The van der Waals surface area contributed by atoms with Crippen LogP contribution in [-0.4, -0.2) is 137 Å². The van der Waals surface area contributed by atoms with Gasteiger partial charge in [0.2, 0.25) is 17.6 Å². The number of carboxylic acid groups (broad SMARTS) is 1. The van der Waals surface area contributed by atoms with Crippen LogP contribution in [0.4, 0.5) is 24.5 Å². The highest BCUT2D eigenvalue weighted by molar-refractivity contribution is 7.90. The molecule has 68 heavy (non-hydrogen) atoms. The molecule has 21 heteroatoms. The van der Waals surface area contributed by atoms with Crippen LogP contribution in [0.5, 0.6) is 0 Å². The molecule has 5 N–H and O–H groups in total. The van der Waals surface area contributed by atoms with E-state index in [2.05, 4.69) is 25.1 Å². The number of ketones is 1. The number of carbonyl (C=O) groups is 5. The van der Waals surface area contributed by atoms with Crippen molar-refractivity contribution < 1.29 is 55.8 Å². The molecule has 4 fully saturated rings. The van der Waals surface area contributed by atoms with Crippen LogP contribution < -0.4 is 14.9 Å². The van der Waals surface area contributed by atoms with E-state index in [1.54, 1.807) is 18.3 Å². The van der Waals surface area contributed by atoms with Crippen molar-refractivity contribution in [3.8, 4) is 11.1 Å². The number of benzene rings is 3. The van der Waals surface area contributed by atoms with E-state index in [-0.39, 0.29) is 48.7 Å². The van der Waals surface area contributed by atoms with Crippen LogP contribution >= 0.6 is 0 Å². The van der Waals surface area contributed by atoms with Crippen molar-refractivity contribution in [3.63, 3.8) is 0 Å². The van der Waals surface area contributed by atoms with Gasteiger partial charge in [-0.25, -0.2) is 18.2 Å². The summed E-state index contributed by atoms with van der Waals surface area (Å²) in [5, 5.41) is 20.5. The molecule has 10 rings (SSSR count). The zero-order valence-electron chi connectivity index (χ0n) is 36.5. The first-order chi connectivity index (χ1) is 32.5. The molecule has 5 aliphatic rings. The Kier molecular flexibility index (Phi) is 12.6. The molecular formula is C47H47F3N8O9S. The van der Waals surface area contributed by atoms with Gasteiger partial charge >= 0.3 is 10.2 Å². The van der Waals surface area contributed by atoms with Crippen LogP contribution in [0.25, 0.3) is 22.2 Å². The van der Waals surface area contributed by atoms with Gasteiger partial charge in [0.15, 0.2) is 5.82 Å². The Morgan fingerprint density at radius 2 is 1.75 bits per heavy atom. The molecule has 4 saturated heterocycles. The smallest absolute Gasteiger partial charge is 0.301 e. The zero-order valence-corrected chi connectivity index (χ0v) is 37.3. The number of likely N-dealkylation sites (tertiary alicyclic amines) is 1. The third-order valence-electron chi connectivity index (χ3n) is 13.3. The number of hydrogen-bond acceptors (Lipinski definition) is 11. The quantitative estimate of drug-likeness (QED) is 0.0642. The molecule has 356 valence electrons. The number of anilines is 2. The molecule has 7 heterocycles. The van der Waals surface area contributed by atoms with Crippen molar-refractivity contribution >= 4 is 62.6 Å². The number of imide groups is 1. The number of aromatic nitrogens is 2. The summed E-state index contributed by atoms with van der Waals surface area (Å²) in [6.07, 6.45) is 2.78. The summed E-state index contributed by atoms with van der Waals surface area (Å²) in [4.78, 5) is 72.5. The number of aliphatic hydroxyl groups is 1. The molecule has 5 aliphatic heterocycles. The average Bonchev–Trinajstić information content (AvgIpc) is 4.01. The highest BCUT2D eigenvalue weighted by Crippen LogP contribution is 2.42. The summed E-state index contributed by atoms with van der Waals surface area (Å²) in [5.74, 6) is -4.55. The van der Waals surface area contributed by atoms with E-state index in [9.17, 15) is 37.1 Å². The maximum absolute atomic E-state index is 15.7.